The topological polar surface area (TPSA) is 44.1 Å². The molecule has 0 aromatic heterocycles. The number of rotatable bonds is 2. The number of nitriles is 1. The summed E-state index contributed by atoms with van der Waals surface area (Å²) in [5, 5.41) is 8.73. The van der Waals surface area contributed by atoms with E-state index < -0.39 is 0 Å². The largest absolute Gasteiger partial charge is 0.328 e. The smallest absolute Gasteiger partial charge is 0.166 e. The van der Waals surface area contributed by atoms with Gasteiger partial charge in [-0.15, -0.1) is 0 Å². The molecular weight excluding hydrogens is 188 g/mol. The third-order valence-electron chi connectivity index (χ3n) is 2.94. The lowest BCUT2D eigenvalue weighted by Crippen LogP contribution is -2.26. The molecule has 15 heavy (non-hydrogen) atoms. The molecule has 1 unspecified atom stereocenters. The fourth-order valence-electron chi connectivity index (χ4n) is 2.19. The molecule has 0 saturated carbocycles. The second kappa shape index (κ2) is 3.39. The Morgan fingerprint density at radius 3 is 3.20 bits per heavy atom. The molecule has 0 radical (unpaired) electrons. The molecule has 0 spiro atoms. The van der Waals surface area contributed by atoms with Crippen LogP contribution in [0.4, 0.5) is 0 Å². The van der Waals surface area contributed by atoms with Crippen molar-refractivity contribution in [2.24, 2.45) is 5.41 Å². The molecule has 3 heteroatoms. The zero-order valence-electron chi connectivity index (χ0n) is 8.60. The van der Waals surface area contributed by atoms with Crippen LogP contribution in [0.25, 0.3) is 0 Å². The van der Waals surface area contributed by atoms with Gasteiger partial charge in [0.25, 0.3) is 0 Å². The highest BCUT2D eigenvalue weighted by atomic mass is 16.1. The van der Waals surface area contributed by atoms with Crippen molar-refractivity contribution in [3.05, 3.63) is 35.7 Å². The fraction of sp³-hybridized carbons (Fsp3) is 0.333. The fourth-order valence-corrected chi connectivity index (χ4v) is 2.19. The van der Waals surface area contributed by atoms with Gasteiger partial charge in [0.15, 0.2) is 6.29 Å². The van der Waals surface area contributed by atoms with Crippen molar-refractivity contribution in [1.29, 1.82) is 5.26 Å². The van der Waals surface area contributed by atoms with Crippen molar-refractivity contribution in [3.8, 4) is 6.07 Å². The van der Waals surface area contributed by atoms with Crippen molar-refractivity contribution in [3.63, 3.8) is 0 Å². The number of allylic oxidation sites excluding steroid dienone is 5. The van der Waals surface area contributed by atoms with Gasteiger partial charge in [0.2, 0.25) is 0 Å². The van der Waals surface area contributed by atoms with Gasteiger partial charge in [-0.05, 0) is 18.6 Å². The lowest BCUT2D eigenvalue weighted by molar-refractivity contribution is -0.105. The highest BCUT2D eigenvalue weighted by Gasteiger charge is 2.38. The zero-order valence-corrected chi connectivity index (χ0v) is 8.60. The normalized spacial score (nSPS) is 27.9. The van der Waals surface area contributed by atoms with Gasteiger partial charge >= 0.3 is 0 Å². The van der Waals surface area contributed by atoms with E-state index in [2.05, 4.69) is 19.1 Å². The molecule has 76 valence electrons. The number of hydrogen-bond donors (Lipinski definition) is 0. The Hall–Kier alpha value is -1.82. The maximum absolute atomic E-state index is 10.9. The summed E-state index contributed by atoms with van der Waals surface area (Å²) in [4.78, 5) is 12.7. The molecule has 1 atom stereocenters. The van der Waals surface area contributed by atoms with E-state index in [1.54, 1.807) is 4.90 Å². The lowest BCUT2D eigenvalue weighted by atomic mass is 9.82. The van der Waals surface area contributed by atoms with Gasteiger partial charge < -0.3 is 4.90 Å². The van der Waals surface area contributed by atoms with E-state index in [0.717, 1.165) is 18.4 Å². The van der Waals surface area contributed by atoms with Gasteiger partial charge in [0.1, 0.15) is 6.54 Å². The summed E-state index contributed by atoms with van der Waals surface area (Å²) in [5.41, 5.74) is 1.55. The first-order chi connectivity index (χ1) is 7.21. The molecule has 0 fully saturated rings. The first-order valence-electron chi connectivity index (χ1n) is 4.91. The zero-order chi connectivity index (χ0) is 10.9. The standard InChI is InChI=1S/C12H12N2O/c1-12-5-3-2-4-11(12)14(7-6-13)10(8-12)9-15/h2-4,8-9H,5,7H2,1H3. The first kappa shape index (κ1) is 9.72. The summed E-state index contributed by atoms with van der Waals surface area (Å²) in [5.74, 6) is 0. The van der Waals surface area contributed by atoms with Gasteiger partial charge in [-0.3, -0.25) is 4.79 Å². The maximum atomic E-state index is 10.9. The molecule has 0 aromatic carbocycles. The van der Waals surface area contributed by atoms with E-state index in [0.29, 0.717) is 5.70 Å². The van der Waals surface area contributed by atoms with E-state index >= 15 is 0 Å². The van der Waals surface area contributed by atoms with Crippen LogP contribution in [0.1, 0.15) is 13.3 Å². The molecule has 1 aliphatic heterocycles. The predicted molar refractivity (Wildman–Crippen MR) is 56.4 cm³/mol. The number of nitrogens with zero attached hydrogens (tertiary/aromatic N) is 2. The van der Waals surface area contributed by atoms with Crippen LogP contribution in [0.2, 0.25) is 0 Å². The Bertz CT molecular complexity index is 425. The SMILES string of the molecule is CC12C=C(C=O)N(CC#N)C1=CC=CC2. The summed E-state index contributed by atoms with van der Waals surface area (Å²) in [7, 11) is 0. The molecule has 1 heterocycles. The monoisotopic (exact) mass is 200 g/mol. The van der Waals surface area contributed by atoms with Crippen LogP contribution in [0.3, 0.4) is 0 Å². The van der Waals surface area contributed by atoms with Crippen LogP contribution < -0.4 is 0 Å². The highest BCUT2D eigenvalue weighted by molar-refractivity contribution is 5.75. The van der Waals surface area contributed by atoms with Gasteiger partial charge in [0.05, 0.1) is 11.8 Å². The lowest BCUT2D eigenvalue weighted by Gasteiger charge is -2.29. The minimum atomic E-state index is -0.109. The number of hydrogen-bond acceptors (Lipinski definition) is 3. The van der Waals surface area contributed by atoms with Crippen LogP contribution >= 0.6 is 0 Å². The van der Waals surface area contributed by atoms with E-state index in [1.807, 2.05) is 18.2 Å². The molecule has 0 N–H and O–H groups in total. The predicted octanol–water partition coefficient (Wildman–Crippen LogP) is 1.76. The molecular formula is C12H12N2O. The second-order valence-electron chi connectivity index (χ2n) is 4.03. The third-order valence-corrected chi connectivity index (χ3v) is 2.94. The van der Waals surface area contributed by atoms with Crippen molar-refractivity contribution in [2.75, 3.05) is 6.54 Å². The summed E-state index contributed by atoms with van der Waals surface area (Å²) < 4.78 is 0. The molecule has 0 aromatic rings. The van der Waals surface area contributed by atoms with Crippen LogP contribution in [0.15, 0.2) is 35.7 Å². The Labute approximate surface area is 89.0 Å². The quantitative estimate of drug-likeness (QED) is 0.504. The van der Waals surface area contributed by atoms with Crippen LogP contribution in [0, 0.1) is 16.7 Å². The Morgan fingerprint density at radius 2 is 2.53 bits per heavy atom. The van der Waals surface area contributed by atoms with Gasteiger partial charge in [-0.25, -0.2) is 0 Å². The number of fused-ring (bicyclic) bond motifs is 1. The van der Waals surface area contributed by atoms with Gasteiger partial charge in [-0.1, -0.05) is 19.1 Å². The average Bonchev–Trinajstić information content (AvgIpc) is 2.52. The van der Waals surface area contributed by atoms with Crippen molar-refractivity contribution in [1.82, 2.24) is 4.90 Å². The number of carbonyl (C=O) groups excluding carboxylic acids is 1. The highest BCUT2D eigenvalue weighted by Crippen LogP contribution is 2.44. The minimum Gasteiger partial charge on any atom is -0.328 e. The summed E-state index contributed by atoms with van der Waals surface area (Å²) in [6.07, 6.45) is 9.70. The van der Waals surface area contributed by atoms with Crippen LogP contribution in [0.5, 0.6) is 0 Å². The van der Waals surface area contributed by atoms with Crippen LogP contribution in [-0.2, 0) is 4.79 Å². The Balaban J connectivity index is 2.43. The average molecular weight is 200 g/mol. The maximum Gasteiger partial charge on any atom is 0.166 e. The first-order valence-corrected chi connectivity index (χ1v) is 4.91. The van der Waals surface area contributed by atoms with Crippen molar-refractivity contribution in [2.45, 2.75) is 13.3 Å². The summed E-state index contributed by atoms with van der Waals surface area (Å²) in [6, 6.07) is 2.09. The van der Waals surface area contributed by atoms with E-state index in [4.69, 9.17) is 5.26 Å². The Kier molecular flexibility index (Phi) is 2.20. The molecule has 2 aliphatic rings. The van der Waals surface area contributed by atoms with Crippen LogP contribution in [-0.4, -0.2) is 17.7 Å². The minimum absolute atomic E-state index is 0.109. The molecule has 0 bridgehead atoms. The van der Waals surface area contributed by atoms with E-state index in [1.165, 1.54) is 0 Å². The molecule has 2 rings (SSSR count). The number of carbonyl (C=O) groups is 1. The molecule has 0 amide bonds. The third kappa shape index (κ3) is 1.39. The van der Waals surface area contributed by atoms with Gasteiger partial charge in [-0.2, -0.15) is 5.26 Å². The van der Waals surface area contributed by atoms with Crippen molar-refractivity contribution >= 4 is 6.29 Å². The number of aldehydes is 1. The van der Waals surface area contributed by atoms with Crippen molar-refractivity contribution < 1.29 is 4.79 Å². The summed E-state index contributed by atoms with van der Waals surface area (Å²) >= 11 is 0. The van der Waals surface area contributed by atoms with Gasteiger partial charge in [0, 0.05) is 11.1 Å². The summed E-state index contributed by atoms with van der Waals surface area (Å²) in [6.45, 7) is 2.32. The molecule has 3 nitrogen and oxygen atoms in total. The Morgan fingerprint density at radius 1 is 1.73 bits per heavy atom. The van der Waals surface area contributed by atoms with E-state index in [9.17, 15) is 4.79 Å². The second-order valence-corrected chi connectivity index (χ2v) is 4.03. The molecule has 0 saturated heterocycles. The van der Waals surface area contributed by atoms with E-state index in [-0.39, 0.29) is 12.0 Å². The molecule has 1 aliphatic carbocycles.